The Kier molecular flexibility index (Phi) is 4.85. The first-order valence-corrected chi connectivity index (χ1v) is 16.2. The van der Waals surface area contributed by atoms with Gasteiger partial charge in [-0.15, -0.1) is 0 Å². The van der Waals surface area contributed by atoms with Crippen LogP contribution in [0.25, 0.3) is 98.4 Å². The fourth-order valence-electron chi connectivity index (χ4n) is 7.64. The van der Waals surface area contributed by atoms with Crippen LogP contribution in [0.2, 0.25) is 0 Å². The van der Waals surface area contributed by atoms with Crippen LogP contribution in [0.5, 0.6) is 0 Å². The molecule has 0 aliphatic rings. The van der Waals surface area contributed by atoms with Gasteiger partial charge in [-0.05, 0) is 125 Å². The molecule has 0 bridgehead atoms. The van der Waals surface area contributed by atoms with Crippen molar-refractivity contribution < 1.29 is 11.3 Å². The minimum Gasteiger partial charge on any atom is -0.456 e. The minimum atomic E-state index is -0.401. The first kappa shape index (κ1) is 22.4. The van der Waals surface area contributed by atoms with Crippen LogP contribution in [0.3, 0.4) is 0 Å². The van der Waals surface area contributed by atoms with Gasteiger partial charge in [-0.25, -0.2) is 0 Å². The molecule has 0 atom stereocenters. The van der Waals surface area contributed by atoms with Crippen LogP contribution in [0.15, 0.2) is 168 Å². The number of aryl methyl sites for hydroxylation is 1. The van der Waals surface area contributed by atoms with Crippen LogP contribution in [-0.4, -0.2) is 0 Å². The molecule has 48 heavy (non-hydrogen) atoms. The molecule has 10 rings (SSSR count). The van der Waals surface area contributed by atoms with Crippen LogP contribution in [-0.2, 0) is 0 Å². The summed E-state index contributed by atoms with van der Waals surface area (Å²) >= 11 is 0. The summed E-state index contributed by atoms with van der Waals surface area (Å²) in [5, 5.41) is 10.8. The van der Waals surface area contributed by atoms with Crippen LogP contribution in [0.1, 0.15) is 12.4 Å². The molecule has 0 radical (unpaired) electrons. The average molecular weight is 616 g/mol. The van der Waals surface area contributed by atoms with Crippen molar-refractivity contribution in [1.82, 2.24) is 0 Å². The number of hydrogen-bond donors (Lipinski definition) is 0. The molecule has 0 spiro atoms. The monoisotopic (exact) mass is 615 g/mol. The molecule has 1 heteroatoms. The van der Waals surface area contributed by atoms with Gasteiger partial charge in [0.25, 0.3) is 0 Å². The second-order valence-corrected chi connectivity index (χ2v) is 12.5. The Morgan fingerprint density at radius 1 is 0.417 bits per heavy atom. The van der Waals surface area contributed by atoms with E-state index in [1.807, 2.05) is 30.3 Å². The van der Waals surface area contributed by atoms with Gasteiger partial charge in [0.15, 0.2) is 0 Å². The minimum absolute atomic E-state index is 0.192. The lowest BCUT2D eigenvalue weighted by atomic mass is 9.83. The van der Waals surface area contributed by atoms with E-state index in [9.17, 15) is 0 Å². The number of fused-ring (bicyclic) bond motifs is 7. The maximum absolute atomic E-state index is 8.81. The molecule has 1 nitrogen and oxygen atoms in total. The third-order valence-corrected chi connectivity index (χ3v) is 9.83. The summed E-state index contributed by atoms with van der Waals surface area (Å²) in [6.07, 6.45) is 0. The largest absolute Gasteiger partial charge is 0.456 e. The molecular formula is C47H30O. The fourth-order valence-corrected chi connectivity index (χ4v) is 7.64. The van der Waals surface area contributed by atoms with Crippen LogP contribution in [0.4, 0.5) is 0 Å². The molecule has 1 heterocycles. The molecule has 0 saturated heterocycles. The van der Waals surface area contributed by atoms with Gasteiger partial charge in [0, 0.05) is 10.8 Å². The summed E-state index contributed by atoms with van der Waals surface area (Å²) in [7, 11) is 0. The first-order chi connectivity index (χ1) is 25.8. The zero-order valence-corrected chi connectivity index (χ0v) is 26.1. The van der Waals surface area contributed by atoms with Crippen molar-refractivity contribution in [2.24, 2.45) is 0 Å². The van der Waals surface area contributed by atoms with Crippen molar-refractivity contribution >= 4 is 65.0 Å². The maximum atomic E-state index is 8.81. The van der Waals surface area contributed by atoms with E-state index in [1.54, 1.807) is 0 Å². The molecule has 0 unspecified atom stereocenters. The molecule has 10 aromatic rings. The fraction of sp³-hybridized carbons (Fsp3) is 0.0213. The maximum Gasteiger partial charge on any atom is 0.136 e. The molecular weight excluding hydrogens is 581 g/mol. The van der Waals surface area contributed by atoms with E-state index in [0.717, 1.165) is 81.9 Å². The van der Waals surface area contributed by atoms with Gasteiger partial charge < -0.3 is 4.42 Å². The second-order valence-electron chi connectivity index (χ2n) is 12.5. The van der Waals surface area contributed by atoms with Gasteiger partial charge in [0.05, 0.1) is 6.85 Å². The van der Waals surface area contributed by atoms with Crippen LogP contribution in [0, 0.1) is 6.92 Å². The zero-order chi connectivity index (χ0) is 36.1. The van der Waals surface area contributed by atoms with Gasteiger partial charge in [-0.2, -0.15) is 0 Å². The smallest absolute Gasteiger partial charge is 0.136 e. The Morgan fingerprint density at radius 3 is 1.79 bits per heavy atom. The second kappa shape index (κ2) is 10.4. The van der Waals surface area contributed by atoms with E-state index in [-0.39, 0.29) is 29.7 Å². The number of hydrogen-bond acceptors (Lipinski definition) is 1. The van der Waals surface area contributed by atoms with Crippen LogP contribution >= 0.6 is 0 Å². The molecule has 224 valence electrons. The Morgan fingerprint density at radius 2 is 1.04 bits per heavy atom. The molecule has 0 amide bonds. The molecule has 0 N–H and O–H groups in total. The molecule has 0 aliphatic carbocycles. The quantitative estimate of drug-likeness (QED) is 0.180. The van der Waals surface area contributed by atoms with E-state index in [4.69, 9.17) is 11.3 Å². The van der Waals surface area contributed by atoms with Crippen molar-refractivity contribution in [1.29, 1.82) is 0 Å². The molecule has 0 aliphatic heterocycles. The van der Waals surface area contributed by atoms with E-state index in [1.165, 1.54) is 10.9 Å². The number of benzene rings is 9. The van der Waals surface area contributed by atoms with Gasteiger partial charge in [-0.1, -0.05) is 127 Å². The first-order valence-electron chi connectivity index (χ1n) is 18.7. The molecule has 9 aromatic carbocycles. The van der Waals surface area contributed by atoms with Crippen molar-refractivity contribution in [3.05, 3.63) is 169 Å². The lowest BCUT2D eigenvalue weighted by Crippen LogP contribution is -1.92. The SMILES string of the molecule is [2H]c1c([2H])c([2H])c(-c2cc(-c3c4ccccc4c(-c4ccc5oc6cc7cccc(C)c7cc6c5c4)c4ccccc34)c3ccccc3c2)c([2H])c1[2H]. The third kappa shape index (κ3) is 4.04. The highest BCUT2D eigenvalue weighted by molar-refractivity contribution is 6.24. The molecule has 0 saturated carbocycles. The highest BCUT2D eigenvalue weighted by Crippen LogP contribution is 2.47. The van der Waals surface area contributed by atoms with E-state index < -0.39 is 6.04 Å². The summed E-state index contributed by atoms with van der Waals surface area (Å²) in [5.74, 6) is 0. The molecule has 1 aromatic heterocycles. The lowest BCUT2D eigenvalue weighted by molar-refractivity contribution is 0.669. The van der Waals surface area contributed by atoms with Gasteiger partial charge in [-0.3, -0.25) is 0 Å². The van der Waals surface area contributed by atoms with Crippen molar-refractivity contribution in [3.8, 4) is 33.4 Å². The standard InChI is InChI=1S/C47H30O/c1-29-12-11-16-32-27-45-42(28-40(29)32)41-25-33(22-23-44(41)48-45)46-36-18-7-9-20-38(36)47(39-21-10-8-19-37(39)46)43-26-34(30-13-3-2-4-14-30)24-31-15-5-6-17-35(31)43/h2-28H,1H3/i2D,3D,4D,13D,14D. The Labute approximate surface area is 285 Å². The van der Waals surface area contributed by atoms with Gasteiger partial charge in [0.1, 0.15) is 11.2 Å². The number of furan rings is 1. The highest BCUT2D eigenvalue weighted by atomic mass is 16.3. The van der Waals surface area contributed by atoms with E-state index >= 15 is 0 Å². The predicted octanol–water partition coefficient (Wildman–Crippen LogP) is 13.5. The summed E-state index contributed by atoms with van der Waals surface area (Å²) in [4.78, 5) is 0. The Balaban J connectivity index is 1.29. The van der Waals surface area contributed by atoms with E-state index in [0.29, 0.717) is 5.56 Å². The summed E-state index contributed by atoms with van der Waals surface area (Å²) in [5.41, 5.74) is 7.88. The highest BCUT2D eigenvalue weighted by Gasteiger charge is 2.20. The summed E-state index contributed by atoms with van der Waals surface area (Å²) in [6, 6.07) is 44.7. The summed E-state index contributed by atoms with van der Waals surface area (Å²) in [6.45, 7) is 2.14. The Hall–Kier alpha value is -6.18. The lowest BCUT2D eigenvalue weighted by Gasteiger charge is -2.19. The molecule has 0 fully saturated rings. The normalized spacial score (nSPS) is 13.3. The van der Waals surface area contributed by atoms with Crippen molar-refractivity contribution in [2.75, 3.05) is 0 Å². The van der Waals surface area contributed by atoms with E-state index in [2.05, 4.69) is 110 Å². The number of rotatable bonds is 3. The van der Waals surface area contributed by atoms with Crippen molar-refractivity contribution in [2.45, 2.75) is 6.92 Å². The topological polar surface area (TPSA) is 13.1 Å². The predicted molar refractivity (Wildman–Crippen MR) is 205 cm³/mol. The average Bonchev–Trinajstić information content (AvgIpc) is 3.54. The van der Waals surface area contributed by atoms with Crippen molar-refractivity contribution in [3.63, 3.8) is 0 Å². The van der Waals surface area contributed by atoms with Gasteiger partial charge >= 0.3 is 0 Å². The van der Waals surface area contributed by atoms with Crippen LogP contribution < -0.4 is 0 Å². The van der Waals surface area contributed by atoms with Gasteiger partial charge in [0.2, 0.25) is 0 Å². The zero-order valence-electron chi connectivity index (χ0n) is 31.1. The third-order valence-electron chi connectivity index (χ3n) is 9.83. The Bertz CT molecular complexity index is 3110. The summed E-state index contributed by atoms with van der Waals surface area (Å²) < 4.78 is 49.0.